The largest absolute Gasteiger partial charge is 0.350 e. The maximum atomic E-state index is 12.5. The van der Waals surface area contributed by atoms with E-state index in [9.17, 15) is 9.59 Å². The molecule has 3 rings (SSSR count). The molecule has 1 aromatic carbocycles. The molecular weight excluding hydrogens is 378 g/mol. The van der Waals surface area contributed by atoms with Crippen LogP contribution in [0.25, 0.3) is 11.0 Å². The van der Waals surface area contributed by atoms with Crippen molar-refractivity contribution in [3.63, 3.8) is 0 Å². The number of benzene rings is 1. The summed E-state index contributed by atoms with van der Waals surface area (Å²) in [7, 11) is 0. The highest BCUT2D eigenvalue weighted by Gasteiger charge is 2.15. The lowest BCUT2D eigenvalue weighted by Crippen LogP contribution is -2.35. The van der Waals surface area contributed by atoms with Gasteiger partial charge in [-0.05, 0) is 51.1 Å². The summed E-state index contributed by atoms with van der Waals surface area (Å²) in [5.74, 6) is -0.448. The Balaban J connectivity index is 1.58. The molecule has 0 aliphatic heterocycles. The number of rotatable bonds is 6. The van der Waals surface area contributed by atoms with Gasteiger partial charge >= 0.3 is 0 Å². The van der Waals surface area contributed by atoms with Gasteiger partial charge < -0.3 is 10.6 Å². The van der Waals surface area contributed by atoms with Gasteiger partial charge in [0.15, 0.2) is 5.65 Å². The summed E-state index contributed by atoms with van der Waals surface area (Å²) in [5.41, 5.74) is 2.42. The van der Waals surface area contributed by atoms with Gasteiger partial charge in [-0.1, -0.05) is 11.6 Å². The van der Waals surface area contributed by atoms with Gasteiger partial charge in [0.05, 0.1) is 17.5 Å². The van der Waals surface area contributed by atoms with Crippen LogP contribution >= 0.6 is 11.6 Å². The predicted molar refractivity (Wildman–Crippen MR) is 109 cm³/mol. The van der Waals surface area contributed by atoms with Crippen LogP contribution in [0.2, 0.25) is 5.02 Å². The molecule has 0 saturated heterocycles. The Morgan fingerprint density at radius 3 is 2.39 bits per heavy atom. The lowest BCUT2D eigenvalue weighted by Gasteiger charge is -2.10. The number of pyridine rings is 1. The Bertz CT molecular complexity index is 1010. The Labute approximate surface area is 168 Å². The first-order valence-electron chi connectivity index (χ1n) is 9.03. The summed E-state index contributed by atoms with van der Waals surface area (Å²) in [5, 5.41) is 11.3. The number of fused-ring (bicyclic) bond motifs is 1. The zero-order valence-electron chi connectivity index (χ0n) is 16.0. The monoisotopic (exact) mass is 399 g/mol. The van der Waals surface area contributed by atoms with Gasteiger partial charge in [0.25, 0.3) is 11.8 Å². The molecule has 2 N–H and O–H groups in total. The first-order chi connectivity index (χ1) is 13.4. The van der Waals surface area contributed by atoms with E-state index in [0.717, 1.165) is 11.0 Å². The fourth-order valence-corrected chi connectivity index (χ4v) is 2.95. The average molecular weight is 400 g/mol. The molecule has 2 amide bonds. The molecule has 0 spiro atoms. The van der Waals surface area contributed by atoms with E-state index in [1.165, 1.54) is 0 Å². The minimum atomic E-state index is -0.232. The van der Waals surface area contributed by atoms with Gasteiger partial charge in [-0.3, -0.25) is 9.59 Å². The molecule has 3 aromatic rings. The molecule has 28 heavy (non-hydrogen) atoms. The second-order valence-electron chi connectivity index (χ2n) is 6.74. The second-order valence-corrected chi connectivity index (χ2v) is 7.17. The van der Waals surface area contributed by atoms with Gasteiger partial charge in [-0.15, -0.1) is 0 Å². The molecule has 0 fully saturated rings. The van der Waals surface area contributed by atoms with Gasteiger partial charge in [-0.25, -0.2) is 9.67 Å². The van der Waals surface area contributed by atoms with Crippen LogP contribution in [0.4, 0.5) is 0 Å². The summed E-state index contributed by atoms with van der Waals surface area (Å²) in [6, 6.07) is 8.60. The molecule has 7 nitrogen and oxygen atoms in total. The molecule has 0 saturated carbocycles. The lowest BCUT2D eigenvalue weighted by atomic mass is 10.1. The third-order valence-corrected chi connectivity index (χ3v) is 4.55. The Morgan fingerprint density at radius 1 is 1.11 bits per heavy atom. The SMILES string of the molecule is Cc1nc2c(cnn2C(C)C)cc1C(=O)NCCNC(=O)c1ccc(Cl)cc1. The van der Waals surface area contributed by atoms with E-state index in [2.05, 4.69) is 20.7 Å². The van der Waals surface area contributed by atoms with Crippen LogP contribution < -0.4 is 10.6 Å². The molecule has 0 aliphatic carbocycles. The van der Waals surface area contributed by atoms with E-state index in [0.29, 0.717) is 34.9 Å². The normalized spacial score (nSPS) is 11.0. The number of aromatic nitrogens is 3. The topological polar surface area (TPSA) is 88.9 Å². The summed E-state index contributed by atoms with van der Waals surface area (Å²) >= 11 is 5.81. The fourth-order valence-electron chi connectivity index (χ4n) is 2.82. The number of hydrogen-bond acceptors (Lipinski definition) is 4. The molecule has 2 heterocycles. The summed E-state index contributed by atoms with van der Waals surface area (Å²) in [4.78, 5) is 29.1. The summed E-state index contributed by atoms with van der Waals surface area (Å²) in [6.07, 6.45) is 1.71. The molecule has 8 heteroatoms. The Kier molecular flexibility index (Phi) is 5.94. The maximum Gasteiger partial charge on any atom is 0.253 e. The molecule has 0 radical (unpaired) electrons. The number of aryl methyl sites for hydroxylation is 1. The number of nitrogens with zero attached hydrogens (tertiary/aromatic N) is 3. The van der Waals surface area contributed by atoms with Crippen LogP contribution in [0.1, 0.15) is 46.3 Å². The highest BCUT2D eigenvalue weighted by atomic mass is 35.5. The summed E-state index contributed by atoms with van der Waals surface area (Å²) in [6.45, 7) is 6.48. The predicted octanol–water partition coefficient (Wildman–Crippen LogP) is 3.13. The number of carbonyl (C=O) groups is 2. The molecule has 146 valence electrons. The van der Waals surface area contributed by atoms with Crippen LogP contribution in [0.5, 0.6) is 0 Å². The van der Waals surface area contributed by atoms with Crippen LogP contribution in [-0.4, -0.2) is 39.7 Å². The number of carbonyl (C=O) groups excluding carboxylic acids is 2. The minimum Gasteiger partial charge on any atom is -0.350 e. The van der Waals surface area contributed by atoms with E-state index in [1.807, 2.05) is 18.5 Å². The first kappa shape index (κ1) is 19.8. The second kappa shape index (κ2) is 8.39. The van der Waals surface area contributed by atoms with Crippen molar-refractivity contribution in [3.05, 3.63) is 58.4 Å². The summed E-state index contributed by atoms with van der Waals surface area (Å²) < 4.78 is 1.83. The smallest absolute Gasteiger partial charge is 0.253 e. The fraction of sp³-hybridized carbons (Fsp3) is 0.300. The number of amides is 2. The van der Waals surface area contributed by atoms with E-state index in [-0.39, 0.29) is 17.9 Å². The number of hydrogen-bond donors (Lipinski definition) is 2. The quantitative estimate of drug-likeness (QED) is 0.623. The third kappa shape index (κ3) is 4.31. The van der Waals surface area contributed by atoms with Crippen molar-refractivity contribution < 1.29 is 9.59 Å². The highest BCUT2D eigenvalue weighted by molar-refractivity contribution is 6.30. The number of nitrogens with one attached hydrogen (secondary N) is 2. The maximum absolute atomic E-state index is 12.5. The lowest BCUT2D eigenvalue weighted by molar-refractivity contribution is 0.0927. The van der Waals surface area contributed by atoms with Crippen molar-refractivity contribution in [2.75, 3.05) is 13.1 Å². The third-order valence-electron chi connectivity index (χ3n) is 4.30. The van der Waals surface area contributed by atoms with E-state index >= 15 is 0 Å². The Morgan fingerprint density at radius 2 is 1.75 bits per heavy atom. The van der Waals surface area contributed by atoms with Gasteiger partial charge in [0.2, 0.25) is 0 Å². The first-order valence-corrected chi connectivity index (χ1v) is 9.41. The molecule has 0 aliphatic rings. The molecule has 0 bridgehead atoms. The minimum absolute atomic E-state index is 0.188. The van der Waals surface area contributed by atoms with Crippen molar-refractivity contribution in [2.45, 2.75) is 26.8 Å². The Hall–Kier alpha value is -2.93. The standard InChI is InChI=1S/C20H22ClN5O2/c1-12(2)26-18-15(11-24-26)10-17(13(3)25-18)20(28)23-9-8-22-19(27)14-4-6-16(21)7-5-14/h4-7,10-12H,8-9H2,1-3H3,(H,22,27)(H,23,28). The van der Waals surface area contributed by atoms with Crippen LogP contribution in [0.3, 0.4) is 0 Å². The van der Waals surface area contributed by atoms with Crippen molar-refractivity contribution in [3.8, 4) is 0 Å². The van der Waals surface area contributed by atoms with Gasteiger partial charge in [-0.2, -0.15) is 5.10 Å². The molecular formula is C20H22ClN5O2. The van der Waals surface area contributed by atoms with Crippen LogP contribution in [0, 0.1) is 6.92 Å². The van der Waals surface area contributed by atoms with Crippen molar-refractivity contribution in [1.29, 1.82) is 0 Å². The molecule has 0 atom stereocenters. The molecule has 0 unspecified atom stereocenters. The van der Waals surface area contributed by atoms with Crippen molar-refractivity contribution in [2.24, 2.45) is 0 Å². The van der Waals surface area contributed by atoms with Crippen LogP contribution in [0.15, 0.2) is 36.5 Å². The zero-order valence-corrected chi connectivity index (χ0v) is 16.7. The van der Waals surface area contributed by atoms with E-state index in [4.69, 9.17) is 11.6 Å². The zero-order chi connectivity index (χ0) is 20.3. The highest BCUT2D eigenvalue weighted by Crippen LogP contribution is 2.19. The van der Waals surface area contributed by atoms with Gasteiger partial charge in [0.1, 0.15) is 0 Å². The van der Waals surface area contributed by atoms with Crippen molar-refractivity contribution >= 4 is 34.4 Å². The number of halogens is 1. The average Bonchev–Trinajstić information content (AvgIpc) is 3.07. The molecule has 2 aromatic heterocycles. The van der Waals surface area contributed by atoms with E-state index < -0.39 is 0 Å². The van der Waals surface area contributed by atoms with Crippen molar-refractivity contribution in [1.82, 2.24) is 25.4 Å². The van der Waals surface area contributed by atoms with Gasteiger partial charge in [0, 0.05) is 35.1 Å². The van der Waals surface area contributed by atoms with Crippen LogP contribution in [-0.2, 0) is 0 Å². The van der Waals surface area contributed by atoms with E-state index in [1.54, 1.807) is 43.5 Å².